The number of rotatable bonds is 4. The first-order valence-corrected chi connectivity index (χ1v) is 5.96. The van der Waals surface area contributed by atoms with Crippen molar-refractivity contribution in [3.63, 3.8) is 0 Å². The van der Waals surface area contributed by atoms with Crippen molar-refractivity contribution in [3.8, 4) is 0 Å². The van der Waals surface area contributed by atoms with Crippen molar-refractivity contribution in [2.75, 3.05) is 0 Å². The van der Waals surface area contributed by atoms with E-state index in [4.69, 9.17) is 5.11 Å². The average molecular weight is 326 g/mol. The maximum atomic E-state index is 10.8. The Bertz CT molecular complexity index is 653. The Morgan fingerprint density at radius 1 is 1.47 bits per heavy atom. The number of benzene rings is 1. The summed E-state index contributed by atoms with van der Waals surface area (Å²) in [5.74, 6) is -1.24. The van der Waals surface area contributed by atoms with Gasteiger partial charge >= 0.3 is 11.8 Å². The highest BCUT2D eigenvalue weighted by Gasteiger charge is 2.13. The molecule has 1 aromatic carbocycles. The summed E-state index contributed by atoms with van der Waals surface area (Å²) >= 11 is 3.27. The van der Waals surface area contributed by atoms with E-state index < -0.39 is 10.9 Å². The number of carbonyl (C=O) groups is 1. The summed E-state index contributed by atoms with van der Waals surface area (Å²) in [5.41, 5.74) is 0.949. The smallest absolute Gasteiger partial charge is 0.389 e. The fraction of sp³-hybridized carbons (Fsp3) is 0.0909. The van der Waals surface area contributed by atoms with E-state index in [-0.39, 0.29) is 11.4 Å². The van der Waals surface area contributed by atoms with Crippen molar-refractivity contribution in [1.82, 2.24) is 9.78 Å². The van der Waals surface area contributed by atoms with Crippen LogP contribution in [0.3, 0.4) is 0 Å². The maximum Gasteiger partial charge on any atom is 0.389 e. The van der Waals surface area contributed by atoms with Crippen molar-refractivity contribution in [1.29, 1.82) is 0 Å². The monoisotopic (exact) mass is 325 g/mol. The molecular weight excluding hydrogens is 318 g/mol. The largest absolute Gasteiger partial charge is 0.478 e. The molecule has 0 radical (unpaired) electrons. The highest BCUT2D eigenvalue weighted by atomic mass is 79.9. The number of aromatic carboxylic acids is 1. The molecule has 7 nitrogen and oxygen atoms in total. The van der Waals surface area contributed by atoms with E-state index in [0.29, 0.717) is 11.0 Å². The summed E-state index contributed by atoms with van der Waals surface area (Å²) in [6, 6.07) is 5.90. The van der Waals surface area contributed by atoms with Crippen LogP contribution < -0.4 is 0 Å². The molecule has 0 unspecified atom stereocenters. The van der Waals surface area contributed by atoms with Gasteiger partial charge in [0.1, 0.15) is 0 Å². The van der Waals surface area contributed by atoms with Gasteiger partial charge in [-0.05, 0) is 22.6 Å². The van der Waals surface area contributed by atoms with E-state index >= 15 is 0 Å². The predicted molar refractivity (Wildman–Crippen MR) is 69.1 cm³/mol. The van der Waals surface area contributed by atoms with Crippen LogP contribution in [0.25, 0.3) is 0 Å². The van der Waals surface area contributed by atoms with Gasteiger partial charge < -0.3 is 15.2 Å². The Balaban J connectivity index is 2.23. The number of hydrogen-bond donors (Lipinski definition) is 1. The molecule has 0 atom stereocenters. The van der Waals surface area contributed by atoms with Gasteiger partial charge in [0.05, 0.1) is 29.5 Å². The summed E-state index contributed by atoms with van der Waals surface area (Å²) in [6.07, 6.45) is 1.50. The lowest BCUT2D eigenvalue weighted by Gasteiger charge is -2.03. The first-order valence-electron chi connectivity index (χ1n) is 5.17. The molecular formula is C11H8BrN3O4. The minimum absolute atomic E-state index is 0.169. The summed E-state index contributed by atoms with van der Waals surface area (Å²) in [7, 11) is 0. The molecule has 1 aromatic heterocycles. The van der Waals surface area contributed by atoms with Crippen LogP contribution in [-0.2, 0) is 6.54 Å². The number of aromatic nitrogens is 2. The molecule has 0 fully saturated rings. The SMILES string of the molecule is O=C(O)c1ccc(Cn2ccc([N+](=O)[O-])n2)c(Br)c1. The summed E-state index contributed by atoms with van der Waals surface area (Å²) < 4.78 is 2.03. The van der Waals surface area contributed by atoms with Crippen LogP contribution in [0.1, 0.15) is 15.9 Å². The maximum absolute atomic E-state index is 10.8. The zero-order chi connectivity index (χ0) is 14.0. The second-order valence-corrected chi connectivity index (χ2v) is 4.59. The van der Waals surface area contributed by atoms with Crippen LogP contribution in [0.5, 0.6) is 0 Å². The van der Waals surface area contributed by atoms with Crippen molar-refractivity contribution in [2.45, 2.75) is 6.54 Å². The normalized spacial score (nSPS) is 10.4. The zero-order valence-corrected chi connectivity index (χ0v) is 11.1. The fourth-order valence-electron chi connectivity index (χ4n) is 1.52. The molecule has 0 aliphatic carbocycles. The van der Waals surface area contributed by atoms with Crippen molar-refractivity contribution >= 4 is 27.7 Å². The molecule has 2 aromatic rings. The highest BCUT2D eigenvalue weighted by Crippen LogP contribution is 2.20. The molecule has 1 N–H and O–H groups in total. The van der Waals surface area contributed by atoms with Crippen LogP contribution in [-0.4, -0.2) is 25.8 Å². The van der Waals surface area contributed by atoms with E-state index in [1.54, 1.807) is 6.07 Å². The number of halogens is 1. The second-order valence-electron chi connectivity index (χ2n) is 3.74. The molecule has 0 amide bonds. The Kier molecular flexibility index (Phi) is 3.61. The van der Waals surface area contributed by atoms with Gasteiger partial charge in [-0.2, -0.15) is 4.68 Å². The van der Waals surface area contributed by atoms with Gasteiger partial charge in [0.25, 0.3) is 0 Å². The van der Waals surface area contributed by atoms with Crippen molar-refractivity contribution < 1.29 is 14.8 Å². The highest BCUT2D eigenvalue weighted by molar-refractivity contribution is 9.10. The molecule has 0 saturated carbocycles. The molecule has 98 valence electrons. The summed E-state index contributed by atoms with van der Waals surface area (Å²) in [5, 5.41) is 23.1. The molecule has 0 bridgehead atoms. The van der Waals surface area contributed by atoms with E-state index in [2.05, 4.69) is 21.0 Å². The molecule has 0 aliphatic heterocycles. The summed E-state index contributed by atoms with van der Waals surface area (Å²) in [4.78, 5) is 20.7. The number of carboxylic acids is 1. The second kappa shape index (κ2) is 5.19. The van der Waals surface area contributed by atoms with E-state index in [0.717, 1.165) is 5.56 Å². The molecule has 2 rings (SSSR count). The van der Waals surface area contributed by atoms with Crippen LogP contribution >= 0.6 is 15.9 Å². The van der Waals surface area contributed by atoms with Gasteiger partial charge in [-0.25, -0.2) is 4.79 Å². The quantitative estimate of drug-likeness (QED) is 0.687. The molecule has 8 heteroatoms. The van der Waals surface area contributed by atoms with E-state index in [9.17, 15) is 14.9 Å². The van der Waals surface area contributed by atoms with Gasteiger partial charge in [0.2, 0.25) is 0 Å². The lowest BCUT2D eigenvalue weighted by atomic mass is 10.1. The van der Waals surface area contributed by atoms with Gasteiger partial charge in [0.15, 0.2) is 0 Å². The first kappa shape index (κ1) is 13.2. The zero-order valence-electron chi connectivity index (χ0n) is 9.49. The van der Waals surface area contributed by atoms with Crippen LogP contribution in [0, 0.1) is 10.1 Å². The fourth-order valence-corrected chi connectivity index (χ4v) is 2.02. The minimum atomic E-state index is -1.01. The number of nitro groups is 1. The Morgan fingerprint density at radius 2 is 2.21 bits per heavy atom. The molecule has 0 saturated heterocycles. The summed E-state index contributed by atoms with van der Waals surface area (Å²) in [6.45, 7) is 0.314. The number of hydrogen-bond acceptors (Lipinski definition) is 4. The van der Waals surface area contributed by atoms with Crippen LogP contribution in [0.15, 0.2) is 34.9 Å². The predicted octanol–water partition coefficient (Wildman–Crippen LogP) is 2.30. The Labute approximate surface area is 115 Å². The molecule has 0 aliphatic rings. The number of nitrogens with zero attached hydrogens (tertiary/aromatic N) is 3. The number of carboxylic acid groups (broad SMARTS) is 1. The van der Waals surface area contributed by atoms with Crippen LogP contribution in [0.2, 0.25) is 0 Å². The van der Waals surface area contributed by atoms with E-state index in [1.807, 2.05) is 0 Å². The lowest BCUT2D eigenvalue weighted by Crippen LogP contribution is -2.03. The average Bonchev–Trinajstić information content (AvgIpc) is 2.80. The van der Waals surface area contributed by atoms with Gasteiger partial charge in [-0.1, -0.05) is 22.0 Å². The molecule has 19 heavy (non-hydrogen) atoms. The minimum Gasteiger partial charge on any atom is -0.478 e. The van der Waals surface area contributed by atoms with Gasteiger partial charge in [0, 0.05) is 4.47 Å². The Morgan fingerprint density at radius 3 is 2.74 bits per heavy atom. The topological polar surface area (TPSA) is 98.3 Å². The van der Waals surface area contributed by atoms with E-state index in [1.165, 1.54) is 29.1 Å². The third-order valence-electron chi connectivity index (χ3n) is 2.45. The third kappa shape index (κ3) is 2.97. The lowest BCUT2D eigenvalue weighted by molar-refractivity contribution is -0.389. The van der Waals surface area contributed by atoms with Crippen molar-refractivity contribution in [3.05, 3.63) is 56.2 Å². The standard InChI is InChI=1S/C11H8BrN3O4/c12-9-5-7(11(16)17)1-2-8(9)6-14-4-3-10(13-14)15(18)19/h1-5H,6H2,(H,16,17). The van der Waals surface area contributed by atoms with Gasteiger partial charge in [-0.3, -0.25) is 0 Å². The van der Waals surface area contributed by atoms with Crippen molar-refractivity contribution in [2.24, 2.45) is 0 Å². The molecule has 0 spiro atoms. The first-order chi connectivity index (χ1) is 8.97. The van der Waals surface area contributed by atoms with Gasteiger partial charge in [-0.15, -0.1) is 0 Å². The molecule has 1 heterocycles. The Hall–Kier alpha value is -2.22. The van der Waals surface area contributed by atoms with Crippen LogP contribution in [0.4, 0.5) is 5.82 Å². The third-order valence-corrected chi connectivity index (χ3v) is 3.18.